The third-order valence-corrected chi connectivity index (χ3v) is 3.12. The van der Waals surface area contributed by atoms with E-state index in [-0.39, 0.29) is 18.9 Å². The van der Waals surface area contributed by atoms with Crippen molar-refractivity contribution in [3.8, 4) is 0 Å². The molecule has 0 saturated heterocycles. The zero-order chi connectivity index (χ0) is 10.9. The van der Waals surface area contributed by atoms with Gasteiger partial charge in [0.2, 0.25) is 5.92 Å². The number of alkyl halides is 2. The molecule has 1 heterocycles. The molecule has 2 rings (SSSR count). The molecule has 1 aromatic heterocycles. The quantitative estimate of drug-likeness (QED) is 0.739. The van der Waals surface area contributed by atoms with E-state index in [0.717, 1.165) is 6.42 Å². The lowest BCUT2D eigenvalue weighted by Gasteiger charge is -2.28. The summed E-state index contributed by atoms with van der Waals surface area (Å²) in [6, 6.07) is 0.171. The summed E-state index contributed by atoms with van der Waals surface area (Å²) in [6.45, 7) is 2.07. The van der Waals surface area contributed by atoms with Crippen molar-refractivity contribution in [3.05, 3.63) is 18.0 Å². The molecule has 0 atom stereocenters. The fraction of sp³-hybridized carbons (Fsp3) is 0.727. The first-order valence-electron chi connectivity index (χ1n) is 5.51. The Hall–Kier alpha value is -0.930. The molecular formula is C11H16F2N2. The number of rotatable bonds is 2. The highest BCUT2D eigenvalue weighted by atomic mass is 19.3. The average Bonchev–Trinajstić information content (AvgIpc) is 2.66. The summed E-state index contributed by atoms with van der Waals surface area (Å²) in [5, 5.41) is 4.23. The topological polar surface area (TPSA) is 17.8 Å². The molecule has 0 bridgehead atoms. The molecule has 2 nitrogen and oxygen atoms in total. The molecule has 1 aromatic rings. The molecular weight excluding hydrogens is 198 g/mol. The highest BCUT2D eigenvalue weighted by molar-refractivity contribution is 5.04. The molecule has 1 aliphatic carbocycles. The van der Waals surface area contributed by atoms with E-state index >= 15 is 0 Å². The molecule has 0 N–H and O–H groups in total. The van der Waals surface area contributed by atoms with Crippen LogP contribution in [0.25, 0.3) is 0 Å². The number of aryl methyl sites for hydroxylation is 1. The number of halogens is 2. The minimum absolute atomic E-state index is 0.00101. The molecule has 0 radical (unpaired) electrons. The normalized spacial score (nSPS) is 21.8. The predicted octanol–water partition coefficient (Wildman–Crippen LogP) is 3.20. The van der Waals surface area contributed by atoms with Gasteiger partial charge in [-0.25, -0.2) is 8.78 Å². The minimum Gasteiger partial charge on any atom is -0.269 e. The van der Waals surface area contributed by atoms with E-state index < -0.39 is 5.92 Å². The molecule has 1 aliphatic rings. The fourth-order valence-electron chi connectivity index (χ4n) is 2.05. The predicted molar refractivity (Wildman–Crippen MR) is 54.1 cm³/mol. The van der Waals surface area contributed by atoms with E-state index in [1.165, 1.54) is 5.56 Å². The third kappa shape index (κ3) is 2.36. The Balaban J connectivity index is 2.01. The summed E-state index contributed by atoms with van der Waals surface area (Å²) >= 11 is 0. The lowest BCUT2D eigenvalue weighted by molar-refractivity contribution is -0.0449. The zero-order valence-electron chi connectivity index (χ0n) is 8.92. The summed E-state index contributed by atoms with van der Waals surface area (Å²) in [4.78, 5) is 0. The van der Waals surface area contributed by atoms with Gasteiger partial charge in [-0.3, -0.25) is 4.68 Å². The summed E-state index contributed by atoms with van der Waals surface area (Å²) < 4.78 is 27.7. The molecule has 84 valence electrons. The minimum atomic E-state index is -2.45. The van der Waals surface area contributed by atoms with Gasteiger partial charge in [-0.05, 0) is 24.8 Å². The number of hydrogen-bond acceptors (Lipinski definition) is 1. The Bertz CT molecular complexity index is 323. The van der Waals surface area contributed by atoms with Crippen LogP contribution in [-0.4, -0.2) is 15.7 Å². The van der Waals surface area contributed by atoms with Crippen molar-refractivity contribution in [3.63, 3.8) is 0 Å². The van der Waals surface area contributed by atoms with Gasteiger partial charge < -0.3 is 0 Å². The number of nitrogens with zero attached hydrogens (tertiary/aromatic N) is 2. The number of aromatic nitrogens is 2. The van der Waals surface area contributed by atoms with Crippen molar-refractivity contribution < 1.29 is 8.78 Å². The van der Waals surface area contributed by atoms with Crippen LogP contribution in [0.4, 0.5) is 8.78 Å². The van der Waals surface area contributed by atoms with Gasteiger partial charge in [-0.1, -0.05) is 6.92 Å². The Morgan fingerprint density at radius 2 is 2.13 bits per heavy atom. The third-order valence-electron chi connectivity index (χ3n) is 3.12. The van der Waals surface area contributed by atoms with E-state index in [1.807, 2.05) is 17.1 Å². The van der Waals surface area contributed by atoms with Crippen molar-refractivity contribution in [2.75, 3.05) is 0 Å². The van der Waals surface area contributed by atoms with Gasteiger partial charge in [0.15, 0.2) is 0 Å². The van der Waals surface area contributed by atoms with Crippen molar-refractivity contribution >= 4 is 0 Å². The maximum atomic E-state index is 12.9. The van der Waals surface area contributed by atoms with Crippen LogP contribution in [0, 0.1) is 0 Å². The van der Waals surface area contributed by atoms with Gasteiger partial charge in [-0.2, -0.15) is 5.10 Å². The Morgan fingerprint density at radius 3 is 2.67 bits per heavy atom. The SMILES string of the molecule is CCc1cnn(C2CCC(F)(F)CC2)c1. The summed E-state index contributed by atoms with van der Waals surface area (Å²) in [7, 11) is 0. The molecule has 0 spiro atoms. The summed E-state index contributed by atoms with van der Waals surface area (Å²) in [6.07, 6.45) is 5.83. The van der Waals surface area contributed by atoms with Crippen LogP contribution in [-0.2, 0) is 6.42 Å². The monoisotopic (exact) mass is 214 g/mol. The van der Waals surface area contributed by atoms with Gasteiger partial charge in [0.1, 0.15) is 0 Å². The molecule has 0 amide bonds. The van der Waals surface area contributed by atoms with Gasteiger partial charge in [0.25, 0.3) is 0 Å². The molecule has 0 aliphatic heterocycles. The van der Waals surface area contributed by atoms with E-state index in [9.17, 15) is 8.78 Å². The lowest BCUT2D eigenvalue weighted by Crippen LogP contribution is -2.26. The molecule has 1 saturated carbocycles. The Morgan fingerprint density at radius 1 is 1.47 bits per heavy atom. The van der Waals surface area contributed by atoms with Gasteiger partial charge in [0, 0.05) is 19.0 Å². The number of hydrogen-bond donors (Lipinski definition) is 0. The van der Waals surface area contributed by atoms with Crippen molar-refractivity contribution in [1.29, 1.82) is 0 Å². The lowest BCUT2D eigenvalue weighted by atomic mass is 9.92. The fourth-order valence-corrected chi connectivity index (χ4v) is 2.05. The standard InChI is InChI=1S/C11H16F2N2/c1-2-9-7-14-15(8-9)10-3-5-11(12,13)6-4-10/h7-8,10H,2-6H2,1H3. The molecule has 0 unspecified atom stereocenters. The van der Waals surface area contributed by atoms with Crippen molar-refractivity contribution in [2.45, 2.75) is 51.0 Å². The van der Waals surface area contributed by atoms with Crippen LogP contribution in [0.2, 0.25) is 0 Å². The zero-order valence-corrected chi connectivity index (χ0v) is 8.92. The highest BCUT2D eigenvalue weighted by Crippen LogP contribution is 2.38. The van der Waals surface area contributed by atoms with Gasteiger partial charge >= 0.3 is 0 Å². The smallest absolute Gasteiger partial charge is 0.248 e. The Labute approximate surface area is 88.3 Å². The first-order valence-corrected chi connectivity index (χ1v) is 5.51. The van der Waals surface area contributed by atoms with Crippen molar-refractivity contribution in [1.82, 2.24) is 9.78 Å². The second-order valence-electron chi connectivity index (χ2n) is 4.27. The van der Waals surface area contributed by atoms with E-state index in [1.54, 1.807) is 0 Å². The van der Waals surface area contributed by atoms with Gasteiger partial charge in [-0.15, -0.1) is 0 Å². The highest BCUT2D eigenvalue weighted by Gasteiger charge is 2.35. The first kappa shape index (κ1) is 10.6. The van der Waals surface area contributed by atoms with Crippen LogP contribution >= 0.6 is 0 Å². The van der Waals surface area contributed by atoms with E-state index in [0.29, 0.717) is 12.8 Å². The van der Waals surface area contributed by atoms with Gasteiger partial charge in [0.05, 0.1) is 12.2 Å². The summed E-state index contributed by atoms with van der Waals surface area (Å²) in [5.41, 5.74) is 1.17. The molecule has 0 aromatic carbocycles. The van der Waals surface area contributed by atoms with Crippen molar-refractivity contribution in [2.24, 2.45) is 0 Å². The molecule has 15 heavy (non-hydrogen) atoms. The Kier molecular flexibility index (Phi) is 2.76. The van der Waals surface area contributed by atoms with Crippen LogP contribution in [0.5, 0.6) is 0 Å². The second-order valence-corrected chi connectivity index (χ2v) is 4.27. The average molecular weight is 214 g/mol. The first-order chi connectivity index (χ1) is 7.11. The second kappa shape index (κ2) is 3.91. The van der Waals surface area contributed by atoms with Crippen LogP contribution < -0.4 is 0 Å². The summed E-state index contributed by atoms with van der Waals surface area (Å²) in [5.74, 6) is -2.45. The van der Waals surface area contributed by atoms with Crippen LogP contribution in [0.1, 0.15) is 44.2 Å². The molecule has 1 fully saturated rings. The van der Waals surface area contributed by atoms with Crippen LogP contribution in [0.15, 0.2) is 12.4 Å². The largest absolute Gasteiger partial charge is 0.269 e. The van der Waals surface area contributed by atoms with E-state index in [2.05, 4.69) is 12.0 Å². The van der Waals surface area contributed by atoms with E-state index in [4.69, 9.17) is 0 Å². The molecule has 4 heteroatoms. The maximum absolute atomic E-state index is 12.9. The maximum Gasteiger partial charge on any atom is 0.248 e. The van der Waals surface area contributed by atoms with Crippen LogP contribution in [0.3, 0.4) is 0 Å².